The van der Waals surface area contributed by atoms with Gasteiger partial charge in [0, 0.05) is 38.9 Å². The molecule has 9 nitrogen and oxygen atoms in total. The number of carboxylic acids is 2. The second-order valence-electron chi connectivity index (χ2n) is 8.88. The third-order valence-electron chi connectivity index (χ3n) is 5.71. The molecule has 0 aliphatic carbocycles. The number of amides is 1. The zero-order valence-corrected chi connectivity index (χ0v) is 21.6. The molecule has 0 heterocycles. The monoisotopic (exact) mass is 501 g/mol. The van der Waals surface area contributed by atoms with Crippen LogP contribution < -0.4 is 5.32 Å². The van der Waals surface area contributed by atoms with Crippen molar-refractivity contribution in [3.8, 4) is 0 Å². The van der Waals surface area contributed by atoms with Gasteiger partial charge in [-0.1, -0.05) is 51.4 Å². The molecule has 0 aliphatic rings. The number of Topliss-reactive ketones (excluding diaryl/α,β-unsaturated/α-hetero) is 1. The van der Waals surface area contributed by atoms with Crippen molar-refractivity contribution in [2.75, 3.05) is 26.4 Å². The van der Waals surface area contributed by atoms with Gasteiger partial charge in [0.2, 0.25) is 5.91 Å². The van der Waals surface area contributed by atoms with Gasteiger partial charge < -0.3 is 25.0 Å². The van der Waals surface area contributed by atoms with E-state index >= 15 is 0 Å². The first-order chi connectivity index (χ1) is 16.9. The number of nitrogens with one attached hydrogen (secondary N) is 1. The van der Waals surface area contributed by atoms with Crippen LogP contribution in [-0.4, -0.2) is 66.3 Å². The maximum Gasteiger partial charge on any atom is 0.326 e. The highest BCUT2D eigenvalue weighted by molar-refractivity contribution is 5.84. The van der Waals surface area contributed by atoms with Crippen LogP contribution in [0, 0.1) is 0 Å². The van der Waals surface area contributed by atoms with Gasteiger partial charge in [-0.2, -0.15) is 0 Å². The zero-order chi connectivity index (χ0) is 26.2. The Morgan fingerprint density at radius 3 is 1.74 bits per heavy atom. The molecule has 0 unspecified atom stereocenters. The fraction of sp³-hybridized carbons (Fsp3) is 0.846. The van der Waals surface area contributed by atoms with Crippen LogP contribution in [0.4, 0.5) is 0 Å². The van der Waals surface area contributed by atoms with Crippen molar-refractivity contribution in [3.63, 3.8) is 0 Å². The SMILES string of the molecule is CCOCCOCCCC(=O)CC[C@H](NC(=O)CCCCCCCCCCCCC(=O)O)C(=O)O. The van der Waals surface area contributed by atoms with Gasteiger partial charge >= 0.3 is 11.9 Å². The standard InChI is InChI=1S/C26H47NO8/c1-2-34-20-21-35-19-13-14-22(28)17-18-23(26(32)33)27-24(29)15-11-9-7-5-3-4-6-8-10-12-16-25(30)31/h23H,2-21H2,1H3,(H,27,29)(H,30,31)(H,32,33)/t23-/m0/s1. The fourth-order valence-corrected chi connectivity index (χ4v) is 3.67. The lowest BCUT2D eigenvalue weighted by atomic mass is 10.0. The van der Waals surface area contributed by atoms with Gasteiger partial charge in [0.1, 0.15) is 11.8 Å². The molecule has 0 aromatic rings. The lowest BCUT2D eigenvalue weighted by molar-refractivity contribution is -0.142. The summed E-state index contributed by atoms with van der Waals surface area (Å²) in [5.41, 5.74) is 0. The summed E-state index contributed by atoms with van der Waals surface area (Å²) in [6.07, 6.45) is 11.7. The molecule has 0 rings (SSSR count). The maximum atomic E-state index is 12.1. The predicted molar refractivity (Wildman–Crippen MR) is 133 cm³/mol. The van der Waals surface area contributed by atoms with E-state index in [-0.39, 0.29) is 31.0 Å². The van der Waals surface area contributed by atoms with Crippen LogP contribution in [0.1, 0.15) is 110 Å². The highest BCUT2D eigenvalue weighted by Gasteiger charge is 2.20. The minimum absolute atomic E-state index is 0.0285. The van der Waals surface area contributed by atoms with E-state index in [4.69, 9.17) is 14.6 Å². The fourth-order valence-electron chi connectivity index (χ4n) is 3.67. The minimum Gasteiger partial charge on any atom is -0.481 e. The van der Waals surface area contributed by atoms with E-state index in [1.807, 2.05) is 6.92 Å². The topological polar surface area (TPSA) is 139 Å². The van der Waals surface area contributed by atoms with Crippen LogP contribution in [0.15, 0.2) is 0 Å². The quantitative estimate of drug-likeness (QED) is 0.147. The van der Waals surface area contributed by atoms with Crippen molar-refractivity contribution in [1.29, 1.82) is 0 Å². The lowest BCUT2D eigenvalue weighted by Crippen LogP contribution is -2.41. The summed E-state index contributed by atoms with van der Waals surface area (Å²) in [4.78, 5) is 46.0. The number of ether oxygens (including phenoxy) is 2. The molecule has 0 saturated heterocycles. The van der Waals surface area contributed by atoms with E-state index in [1.165, 1.54) is 0 Å². The molecule has 0 spiro atoms. The Labute approximate surface area is 210 Å². The molecular weight excluding hydrogens is 454 g/mol. The Kier molecular flexibility index (Phi) is 22.4. The van der Waals surface area contributed by atoms with Crippen molar-refractivity contribution in [2.24, 2.45) is 0 Å². The van der Waals surface area contributed by atoms with E-state index in [0.29, 0.717) is 45.7 Å². The molecule has 9 heteroatoms. The molecule has 0 aromatic heterocycles. The first-order valence-corrected chi connectivity index (χ1v) is 13.3. The highest BCUT2D eigenvalue weighted by atomic mass is 16.5. The molecule has 1 atom stereocenters. The Bertz CT molecular complexity index is 582. The molecule has 1 amide bonds. The van der Waals surface area contributed by atoms with Crippen molar-refractivity contribution in [2.45, 2.75) is 116 Å². The second kappa shape index (κ2) is 23.7. The number of unbranched alkanes of at least 4 members (excludes halogenated alkanes) is 9. The van der Waals surface area contributed by atoms with E-state index < -0.39 is 18.0 Å². The summed E-state index contributed by atoms with van der Waals surface area (Å²) in [5, 5.41) is 20.5. The number of ketones is 1. The number of hydrogen-bond acceptors (Lipinski definition) is 6. The van der Waals surface area contributed by atoms with Crippen molar-refractivity contribution < 1.29 is 38.9 Å². The van der Waals surface area contributed by atoms with Crippen LogP contribution >= 0.6 is 0 Å². The lowest BCUT2D eigenvalue weighted by Gasteiger charge is -2.14. The summed E-state index contributed by atoms with van der Waals surface area (Å²) in [6, 6.07) is -1.04. The number of rotatable bonds is 26. The number of carbonyl (C=O) groups is 4. The molecular formula is C26H47NO8. The molecule has 0 radical (unpaired) electrons. The van der Waals surface area contributed by atoms with Crippen LogP contribution in [0.2, 0.25) is 0 Å². The van der Waals surface area contributed by atoms with Crippen molar-refractivity contribution in [3.05, 3.63) is 0 Å². The third kappa shape index (κ3) is 23.5. The average molecular weight is 502 g/mol. The molecule has 0 aromatic carbocycles. The van der Waals surface area contributed by atoms with Gasteiger partial charge in [-0.25, -0.2) is 4.79 Å². The van der Waals surface area contributed by atoms with E-state index in [1.54, 1.807) is 0 Å². The Hall–Kier alpha value is -2.00. The molecule has 0 aliphatic heterocycles. The van der Waals surface area contributed by atoms with Crippen LogP contribution in [0.5, 0.6) is 0 Å². The molecule has 35 heavy (non-hydrogen) atoms. The van der Waals surface area contributed by atoms with Gasteiger partial charge in [0.15, 0.2) is 0 Å². The first-order valence-electron chi connectivity index (χ1n) is 13.3. The van der Waals surface area contributed by atoms with E-state index in [9.17, 15) is 24.3 Å². The normalized spacial score (nSPS) is 11.8. The molecule has 0 bridgehead atoms. The van der Waals surface area contributed by atoms with Gasteiger partial charge in [-0.3, -0.25) is 14.4 Å². The zero-order valence-electron chi connectivity index (χ0n) is 21.6. The van der Waals surface area contributed by atoms with Gasteiger partial charge in [-0.05, 0) is 32.6 Å². The van der Waals surface area contributed by atoms with Crippen LogP contribution in [-0.2, 0) is 28.7 Å². The van der Waals surface area contributed by atoms with Gasteiger partial charge in [0.05, 0.1) is 13.2 Å². The summed E-state index contributed by atoms with van der Waals surface area (Å²) < 4.78 is 10.5. The molecule has 0 fully saturated rings. The summed E-state index contributed by atoms with van der Waals surface area (Å²) in [5.74, 6) is -2.16. The van der Waals surface area contributed by atoms with Gasteiger partial charge in [-0.15, -0.1) is 0 Å². The summed E-state index contributed by atoms with van der Waals surface area (Å²) in [7, 11) is 0. The van der Waals surface area contributed by atoms with E-state index in [2.05, 4.69) is 5.32 Å². The number of carboxylic acid groups (broad SMARTS) is 2. The number of aliphatic carboxylic acids is 2. The predicted octanol–water partition coefficient (Wildman–Crippen LogP) is 4.50. The number of carbonyl (C=O) groups excluding carboxylic acids is 2. The van der Waals surface area contributed by atoms with Crippen LogP contribution in [0.3, 0.4) is 0 Å². The average Bonchev–Trinajstić information content (AvgIpc) is 2.81. The van der Waals surface area contributed by atoms with Crippen molar-refractivity contribution >= 4 is 23.6 Å². The maximum absolute atomic E-state index is 12.1. The second-order valence-corrected chi connectivity index (χ2v) is 8.88. The third-order valence-corrected chi connectivity index (χ3v) is 5.71. The summed E-state index contributed by atoms with van der Waals surface area (Å²) >= 11 is 0. The highest BCUT2D eigenvalue weighted by Crippen LogP contribution is 2.12. The largest absolute Gasteiger partial charge is 0.481 e. The number of hydrogen-bond donors (Lipinski definition) is 3. The molecule has 204 valence electrons. The smallest absolute Gasteiger partial charge is 0.326 e. The van der Waals surface area contributed by atoms with Gasteiger partial charge in [0.25, 0.3) is 0 Å². The Morgan fingerprint density at radius 1 is 0.657 bits per heavy atom. The Balaban J connectivity index is 3.73. The van der Waals surface area contributed by atoms with Crippen molar-refractivity contribution in [1.82, 2.24) is 5.32 Å². The first kappa shape index (κ1) is 33.0. The minimum atomic E-state index is -1.12. The Morgan fingerprint density at radius 2 is 1.20 bits per heavy atom. The van der Waals surface area contributed by atoms with Crippen LogP contribution in [0.25, 0.3) is 0 Å². The molecule has 3 N–H and O–H groups in total. The summed E-state index contributed by atoms with van der Waals surface area (Å²) in [6.45, 7) is 4.04. The van der Waals surface area contributed by atoms with E-state index in [0.717, 1.165) is 64.2 Å². The molecule has 0 saturated carbocycles.